The highest BCUT2D eigenvalue weighted by atomic mass is 16.5. The van der Waals surface area contributed by atoms with E-state index in [4.69, 9.17) is 10.5 Å². The van der Waals surface area contributed by atoms with Crippen LogP contribution >= 0.6 is 0 Å². The summed E-state index contributed by atoms with van der Waals surface area (Å²) in [6.45, 7) is 12.9. The minimum atomic E-state index is 0.131. The Labute approximate surface area is 113 Å². The minimum absolute atomic E-state index is 0.131. The van der Waals surface area contributed by atoms with Crippen LogP contribution in [0.1, 0.15) is 53.4 Å². The van der Waals surface area contributed by atoms with E-state index in [2.05, 4.69) is 32.6 Å². The third kappa shape index (κ3) is 3.94. The first-order valence-electron chi connectivity index (χ1n) is 7.63. The number of morpholine rings is 1. The topological polar surface area (TPSA) is 38.5 Å². The van der Waals surface area contributed by atoms with E-state index in [1.54, 1.807) is 0 Å². The lowest BCUT2D eigenvalue weighted by molar-refractivity contribution is -0.0298. The van der Waals surface area contributed by atoms with Gasteiger partial charge in [-0.2, -0.15) is 0 Å². The van der Waals surface area contributed by atoms with Crippen LogP contribution in [0.5, 0.6) is 0 Å². The van der Waals surface area contributed by atoms with Crippen molar-refractivity contribution in [1.82, 2.24) is 4.90 Å². The zero-order chi connectivity index (χ0) is 13.6. The van der Waals surface area contributed by atoms with Crippen molar-refractivity contribution in [3.8, 4) is 0 Å². The Balaban J connectivity index is 2.60. The number of nitrogens with zero attached hydrogens (tertiary/aromatic N) is 1. The molecule has 1 rings (SSSR count). The van der Waals surface area contributed by atoms with Crippen molar-refractivity contribution in [1.29, 1.82) is 0 Å². The molecule has 0 aromatic carbocycles. The van der Waals surface area contributed by atoms with Crippen molar-refractivity contribution < 1.29 is 4.74 Å². The number of hydrogen-bond donors (Lipinski definition) is 1. The van der Waals surface area contributed by atoms with Crippen LogP contribution in [-0.4, -0.2) is 42.8 Å². The minimum Gasteiger partial charge on any atom is -0.379 e. The van der Waals surface area contributed by atoms with Crippen LogP contribution < -0.4 is 5.73 Å². The Morgan fingerprint density at radius 2 is 1.89 bits per heavy atom. The predicted octanol–water partition coefficient (Wildman–Crippen LogP) is 2.64. The summed E-state index contributed by atoms with van der Waals surface area (Å²) < 4.78 is 5.46. The van der Waals surface area contributed by atoms with E-state index in [0.717, 1.165) is 45.1 Å². The maximum absolute atomic E-state index is 6.54. The second-order valence-corrected chi connectivity index (χ2v) is 6.05. The molecule has 0 saturated carbocycles. The van der Waals surface area contributed by atoms with Gasteiger partial charge in [0, 0.05) is 24.7 Å². The van der Waals surface area contributed by atoms with Gasteiger partial charge in [0.15, 0.2) is 0 Å². The van der Waals surface area contributed by atoms with Crippen LogP contribution in [0.4, 0.5) is 0 Å². The fraction of sp³-hybridized carbons (Fsp3) is 1.00. The fourth-order valence-electron chi connectivity index (χ4n) is 3.09. The number of ether oxygens (including phenoxy) is 1. The lowest BCUT2D eigenvalue weighted by Gasteiger charge is -2.47. The second-order valence-electron chi connectivity index (χ2n) is 6.05. The van der Waals surface area contributed by atoms with E-state index >= 15 is 0 Å². The molecule has 1 aliphatic rings. The molecule has 3 heteroatoms. The van der Waals surface area contributed by atoms with Gasteiger partial charge in [-0.25, -0.2) is 0 Å². The Bertz CT molecular complexity index is 229. The monoisotopic (exact) mass is 256 g/mol. The molecule has 1 aliphatic heterocycles. The Morgan fingerprint density at radius 1 is 1.28 bits per heavy atom. The molecule has 2 N–H and O–H groups in total. The van der Waals surface area contributed by atoms with Crippen molar-refractivity contribution in [3.05, 3.63) is 0 Å². The van der Waals surface area contributed by atoms with Crippen molar-refractivity contribution in [3.63, 3.8) is 0 Å². The molecule has 0 aromatic heterocycles. The molecule has 1 fully saturated rings. The maximum atomic E-state index is 6.54. The Morgan fingerprint density at radius 3 is 2.39 bits per heavy atom. The lowest BCUT2D eigenvalue weighted by atomic mass is 9.81. The maximum Gasteiger partial charge on any atom is 0.0594 e. The van der Waals surface area contributed by atoms with Gasteiger partial charge in [0.2, 0.25) is 0 Å². The van der Waals surface area contributed by atoms with Crippen molar-refractivity contribution >= 4 is 0 Å². The Kier molecular flexibility index (Phi) is 6.61. The highest BCUT2D eigenvalue weighted by Crippen LogP contribution is 2.28. The average Bonchev–Trinajstić information content (AvgIpc) is 2.39. The van der Waals surface area contributed by atoms with E-state index in [9.17, 15) is 0 Å². The largest absolute Gasteiger partial charge is 0.379 e. The summed E-state index contributed by atoms with van der Waals surface area (Å²) in [4.78, 5) is 2.54. The zero-order valence-electron chi connectivity index (χ0n) is 12.7. The molecule has 3 atom stereocenters. The van der Waals surface area contributed by atoms with E-state index in [-0.39, 0.29) is 11.6 Å². The fourth-order valence-corrected chi connectivity index (χ4v) is 3.09. The zero-order valence-corrected chi connectivity index (χ0v) is 12.7. The quantitative estimate of drug-likeness (QED) is 0.761. The van der Waals surface area contributed by atoms with Crippen LogP contribution in [0, 0.1) is 5.92 Å². The molecule has 0 radical (unpaired) electrons. The molecule has 3 unspecified atom stereocenters. The van der Waals surface area contributed by atoms with Gasteiger partial charge >= 0.3 is 0 Å². The van der Waals surface area contributed by atoms with Crippen LogP contribution in [-0.2, 0) is 4.74 Å². The van der Waals surface area contributed by atoms with Gasteiger partial charge in [-0.05, 0) is 25.7 Å². The molecule has 0 bridgehead atoms. The Hall–Kier alpha value is -0.120. The predicted molar refractivity (Wildman–Crippen MR) is 77.8 cm³/mol. The molecule has 108 valence electrons. The highest BCUT2D eigenvalue weighted by molar-refractivity contribution is 4.95. The van der Waals surface area contributed by atoms with Gasteiger partial charge in [-0.3, -0.25) is 4.90 Å². The summed E-state index contributed by atoms with van der Waals surface area (Å²) in [5.74, 6) is 0.733. The SMILES string of the molecule is CCCC(C)CC(N)C(C)(CC)N1CCOCC1. The molecule has 0 aromatic rings. The van der Waals surface area contributed by atoms with Crippen LogP contribution in [0.25, 0.3) is 0 Å². The molecular formula is C15H32N2O. The standard InChI is InChI=1S/C15H32N2O/c1-5-7-13(3)12-14(16)15(4,6-2)17-8-10-18-11-9-17/h13-14H,5-12,16H2,1-4H3. The van der Waals surface area contributed by atoms with Gasteiger partial charge in [0.05, 0.1) is 13.2 Å². The van der Waals surface area contributed by atoms with Crippen molar-refractivity contribution in [2.45, 2.75) is 65.0 Å². The second kappa shape index (κ2) is 7.46. The first-order chi connectivity index (χ1) is 8.54. The van der Waals surface area contributed by atoms with Gasteiger partial charge in [-0.15, -0.1) is 0 Å². The molecule has 0 amide bonds. The third-order valence-corrected chi connectivity index (χ3v) is 4.69. The molecule has 1 heterocycles. The van der Waals surface area contributed by atoms with Gasteiger partial charge in [0.1, 0.15) is 0 Å². The summed E-state index contributed by atoms with van der Waals surface area (Å²) in [5, 5.41) is 0. The number of hydrogen-bond acceptors (Lipinski definition) is 3. The first-order valence-corrected chi connectivity index (χ1v) is 7.63. The van der Waals surface area contributed by atoms with Crippen LogP contribution in [0.3, 0.4) is 0 Å². The van der Waals surface area contributed by atoms with E-state index in [0.29, 0.717) is 0 Å². The number of nitrogens with two attached hydrogens (primary N) is 1. The smallest absolute Gasteiger partial charge is 0.0594 e. The van der Waals surface area contributed by atoms with Crippen molar-refractivity contribution in [2.75, 3.05) is 26.3 Å². The first kappa shape index (κ1) is 15.9. The summed E-state index contributed by atoms with van der Waals surface area (Å²) in [6.07, 6.45) is 4.80. The molecule has 0 spiro atoms. The molecule has 1 saturated heterocycles. The normalized spacial score (nSPS) is 24.5. The summed E-state index contributed by atoms with van der Waals surface area (Å²) in [6, 6.07) is 0.266. The molecule has 18 heavy (non-hydrogen) atoms. The van der Waals surface area contributed by atoms with Gasteiger partial charge < -0.3 is 10.5 Å². The van der Waals surface area contributed by atoms with E-state index in [1.807, 2.05) is 0 Å². The van der Waals surface area contributed by atoms with E-state index in [1.165, 1.54) is 12.8 Å². The van der Waals surface area contributed by atoms with Crippen LogP contribution in [0.2, 0.25) is 0 Å². The van der Waals surface area contributed by atoms with E-state index < -0.39 is 0 Å². The summed E-state index contributed by atoms with van der Waals surface area (Å²) >= 11 is 0. The average molecular weight is 256 g/mol. The number of rotatable bonds is 7. The van der Waals surface area contributed by atoms with Gasteiger partial charge in [-0.1, -0.05) is 33.6 Å². The summed E-state index contributed by atoms with van der Waals surface area (Å²) in [7, 11) is 0. The summed E-state index contributed by atoms with van der Waals surface area (Å²) in [5.41, 5.74) is 6.67. The molecule has 0 aliphatic carbocycles. The van der Waals surface area contributed by atoms with Crippen molar-refractivity contribution in [2.24, 2.45) is 11.7 Å². The molecular weight excluding hydrogens is 224 g/mol. The highest BCUT2D eigenvalue weighted by Gasteiger charge is 2.37. The molecule has 3 nitrogen and oxygen atoms in total. The van der Waals surface area contributed by atoms with Gasteiger partial charge in [0.25, 0.3) is 0 Å². The third-order valence-electron chi connectivity index (χ3n) is 4.69. The van der Waals surface area contributed by atoms with Crippen LogP contribution in [0.15, 0.2) is 0 Å². The lowest BCUT2D eigenvalue weighted by Crippen LogP contribution is -2.60.